The fourth-order valence-electron chi connectivity index (χ4n) is 3.87. The lowest BCUT2D eigenvalue weighted by molar-refractivity contribution is 0.306. The lowest BCUT2D eigenvalue weighted by Crippen LogP contribution is -2.28. The maximum atomic E-state index is 5.98. The summed E-state index contributed by atoms with van der Waals surface area (Å²) in [6.07, 6.45) is 3.62. The van der Waals surface area contributed by atoms with Crippen molar-refractivity contribution in [1.29, 1.82) is 0 Å². The number of aromatic nitrogens is 3. The highest BCUT2D eigenvalue weighted by Gasteiger charge is 2.22. The van der Waals surface area contributed by atoms with Gasteiger partial charge in [0.25, 0.3) is 0 Å². The van der Waals surface area contributed by atoms with E-state index in [-0.39, 0.29) is 0 Å². The number of hydrogen-bond acceptors (Lipinski definition) is 5. The van der Waals surface area contributed by atoms with Gasteiger partial charge in [0.15, 0.2) is 0 Å². The zero-order chi connectivity index (χ0) is 21.0. The molecular formula is C25H24N4O2. The first kappa shape index (κ1) is 19.3. The van der Waals surface area contributed by atoms with Crippen molar-refractivity contribution in [3.63, 3.8) is 0 Å². The summed E-state index contributed by atoms with van der Waals surface area (Å²) in [5.41, 5.74) is 6.68. The van der Waals surface area contributed by atoms with Crippen LogP contribution in [-0.4, -0.2) is 28.4 Å². The molecule has 31 heavy (non-hydrogen) atoms. The van der Waals surface area contributed by atoms with Gasteiger partial charge in [-0.2, -0.15) is 5.10 Å². The summed E-state index contributed by atoms with van der Waals surface area (Å²) < 4.78 is 13.3. The molecule has 6 heteroatoms. The molecule has 4 aromatic rings. The van der Waals surface area contributed by atoms with Crippen LogP contribution in [0.5, 0.6) is 11.5 Å². The molecule has 3 heterocycles. The molecule has 6 nitrogen and oxygen atoms in total. The topological polar surface area (TPSA) is 61.2 Å². The third-order valence-corrected chi connectivity index (χ3v) is 5.51. The van der Waals surface area contributed by atoms with E-state index in [9.17, 15) is 0 Å². The van der Waals surface area contributed by atoms with E-state index in [1.165, 1.54) is 11.3 Å². The normalized spacial score (nSPS) is 12.9. The molecule has 5 rings (SSSR count). The zero-order valence-electron chi connectivity index (χ0n) is 17.4. The highest BCUT2D eigenvalue weighted by Crippen LogP contribution is 2.36. The van der Waals surface area contributed by atoms with Crippen LogP contribution < -0.4 is 14.8 Å². The molecule has 1 aliphatic rings. The van der Waals surface area contributed by atoms with Crippen LogP contribution in [0.1, 0.15) is 11.3 Å². The van der Waals surface area contributed by atoms with Crippen molar-refractivity contribution < 1.29 is 9.47 Å². The van der Waals surface area contributed by atoms with Crippen molar-refractivity contribution >= 4 is 0 Å². The maximum absolute atomic E-state index is 5.98. The number of fused-ring (bicyclic) bond motifs is 1. The summed E-state index contributed by atoms with van der Waals surface area (Å²) >= 11 is 0. The van der Waals surface area contributed by atoms with Crippen molar-refractivity contribution in [2.75, 3.05) is 13.7 Å². The molecule has 2 aromatic carbocycles. The Morgan fingerprint density at radius 3 is 2.39 bits per heavy atom. The standard InChI is InChI=1S/C25H24N4O2/c1-30-21-6-2-18(3-7-21)17-31-22-8-4-19(5-9-22)24-23-16-27-14-15-29(23)28-25(24)20-10-12-26-13-11-20/h2-13,27H,14-17H2,1H3. The van der Waals surface area contributed by atoms with Gasteiger partial charge in [-0.05, 0) is 47.5 Å². The second kappa shape index (κ2) is 8.62. The van der Waals surface area contributed by atoms with Gasteiger partial charge in [-0.15, -0.1) is 0 Å². The largest absolute Gasteiger partial charge is 0.497 e. The second-order valence-corrected chi connectivity index (χ2v) is 7.47. The Morgan fingerprint density at radius 2 is 1.65 bits per heavy atom. The number of pyridine rings is 1. The monoisotopic (exact) mass is 412 g/mol. The fourth-order valence-corrected chi connectivity index (χ4v) is 3.87. The quantitative estimate of drug-likeness (QED) is 0.512. The van der Waals surface area contributed by atoms with E-state index in [1.807, 2.05) is 60.9 Å². The summed E-state index contributed by atoms with van der Waals surface area (Å²) in [7, 11) is 1.67. The summed E-state index contributed by atoms with van der Waals surface area (Å²) in [6.45, 7) is 3.13. The fraction of sp³-hybridized carbons (Fsp3) is 0.200. The lowest BCUT2D eigenvalue weighted by atomic mass is 9.99. The van der Waals surface area contributed by atoms with Crippen molar-refractivity contribution in [3.8, 4) is 33.9 Å². The number of ether oxygens (including phenoxy) is 2. The first-order valence-corrected chi connectivity index (χ1v) is 10.4. The van der Waals surface area contributed by atoms with Crippen LogP contribution in [0, 0.1) is 0 Å². The molecule has 0 saturated carbocycles. The molecule has 1 aliphatic heterocycles. The van der Waals surface area contributed by atoms with E-state index in [2.05, 4.69) is 27.1 Å². The predicted octanol–water partition coefficient (Wildman–Crippen LogP) is 4.30. The average molecular weight is 412 g/mol. The Hall–Kier alpha value is -3.64. The minimum absolute atomic E-state index is 0.513. The third kappa shape index (κ3) is 4.02. The summed E-state index contributed by atoms with van der Waals surface area (Å²) in [5.74, 6) is 1.68. The Bertz CT molecular complexity index is 1150. The highest BCUT2D eigenvalue weighted by molar-refractivity contribution is 5.83. The Balaban J connectivity index is 1.41. The molecule has 0 aliphatic carbocycles. The number of benzene rings is 2. The minimum Gasteiger partial charge on any atom is -0.497 e. The maximum Gasteiger partial charge on any atom is 0.119 e. The van der Waals surface area contributed by atoms with E-state index in [4.69, 9.17) is 14.6 Å². The van der Waals surface area contributed by atoms with Gasteiger partial charge in [0.2, 0.25) is 0 Å². The molecule has 1 N–H and O–H groups in total. The van der Waals surface area contributed by atoms with E-state index >= 15 is 0 Å². The Morgan fingerprint density at radius 1 is 0.903 bits per heavy atom. The molecule has 0 unspecified atom stereocenters. The number of rotatable bonds is 6. The SMILES string of the molecule is COc1ccc(COc2ccc(-c3c(-c4ccncc4)nn4c3CNCC4)cc2)cc1. The molecule has 0 saturated heterocycles. The molecule has 0 spiro atoms. The first-order valence-electron chi connectivity index (χ1n) is 10.4. The van der Waals surface area contributed by atoms with Crippen LogP contribution in [0.4, 0.5) is 0 Å². The van der Waals surface area contributed by atoms with Gasteiger partial charge in [-0.1, -0.05) is 24.3 Å². The van der Waals surface area contributed by atoms with Crippen LogP contribution in [0.2, 0.25) is 0 Å². The molecule has 0 amide bonds. The summed E-state index contributed by atoms with van der Waals surface area (Å²) in [4.78, 5) is 4.15. The number of methoxy groups -OCH3 is 1. The van der Waals surface area contributed by atoms with Crippen LogP contribution in [0.3, 0.4) is 0 Å². The third-order valence-electron chi connectivity index (χ3n) is 5.51. The van der Waals surface area contributed by atoms with Crippen LogP contribution in [0.25, 0.3) is 22.4 Å². The summed E-state index contributed by atoms with van der Waals surface area (Å²) in [5, 5.41) is 8.38. The summed E-state index contributed by atoms with van der Waals surface area (Å²) in [6, 6.07) is 20.2. The van der Waals surface area contributed by atoms with Crippen LogP contribution >= 0.6 is 0 Å². The smallest absolute Gasteiger partial charge is 0.119 e. The van der Waals surface area contributed by atoms with E-state index < -0.39 is 0 Å². The first-order chi connectivity index (χ1) is 15.3. The van der Waals surface area contributed by atoms with Gasteiger partial charge >= 0.3 is 0 Å². The van der Waals surface area contributed by atoms with Gasteiger partial charge in [0.05, 0.1) is 19.3 Å². The van der Waals surface area contributed by atoms with E-state index in [0.29, 0.717) is 6.61 Å². The zero-order valence-corrected chi connectivity index (χ0v) is 17.4. The molecule has 156 valence electrons. The van der Waals surface area contributed by atoms with Gasteiger partial charge in [-0.25, -0.2) is 0 Å². The molecule has 0 radical (unpaired) electrons. The second-order valence-electron chi connectivity index (χ2n) is 7.47. The number of nitrogens with zero attached hydrogens (tertiary/aromatic N) is 3. The van der Waals surface area contributed by atoms with Gasteiger partial charge < -0.3 is 14.8 Å². The Labute approximate surface area is 181 Å². The van der Waals surface area contributed by atoms with E-state index in [1.54, 1.807) is 7.11 Å². The number of hydrogen-bond donors (Lipinski definition) is 1. The molecule has 0 fully saturated rings. The predicted molar refractivity (Wildman–Crippen MR) is 120 cm³/mol. The van der Waals surface area contributed by atoms with Gasteiger partial charge in [0, 0.05) is 36.6 Å². The van der Waals surface area contributed by atoms with E-state index in [0.717, 1.165) is 53.5 Å². The van der Waals surface area contributed by atoms with Crippen LogP contribution in [-0.2, 0) is 19.7 Å². The van der Waals surface area contributed by atoms with Crippen molar-refractivity contribution in [2.45, 2.75) is 19.7 Å². The van der Waals surface area contributed by atoms with Gasteiger partial charge in [0.1, 0.15) is 23.8 Å². The van der Waals surface area contributed by atoms with Crippen LogP contribution in [0.15, 0.2) is 73.1 Å². The minimum atomic E-state index is 0.513. The van der Waals surface area contributed by atoms with Crippen molar-refractivity contribution in [3.05, 3.63) is 84.3 Å². The molecule has 0 bridgehead atoms. The molecular weight excluding hydrogens is 388 g/mol. The Kier molecular flexibility index (Phi) is 5.37. The van der Waals surface area contributed by atoms with Crippen molar-refractivity contribution in [2.24, 2.45) is 0 Å². The molecule has 0 atom stereocenters. The van der Waals surface area contributed by atoms with Crippen molar-refractivity contribution in [1.82, 2.24) is 20.1 Å². The highest BCUT2D eigenvalue weighted by atomic mass is 16.5. The number of nitrogens with one attached hydrogen (secondary N) is 1. The lowest BCUT2D eigenvalue weighted by Gasteiger charge is -2.16. The van der Waals surface area contributed by atoms with Gasteiger partial charge in [-0.3, -0.25) is 9.67 Å². The average Bonchev–Trinajstić information content (AvgIpc) is 3.24. The molecule has 2 aromatic heterocycles.